The molecule has 158 valence electrons. The topological polar surface area (TPSA) is 112 Å². The van der Waals surface area contributed by atoms with E-state index in [0.717, 1.165) is 6.20 Å². The Kier molecular flexibility index (Phi) is 5.05. The Morgan fingerprint density at radius 3 is 2.68 bits per heavy atom. The highest BCUT2D eigenvalue weighted by atomic mass is 19.1. The second-order valence-corrected chi connectivity index (χ2v) is 8.05. The molecule has 4 rings (SSSR count). The van der Waals surface area contributed by atoms with E-state index in [1.165, 1.54) is 23.1 Å². The number of hydrogen-bond acceptors (Lipinski definition) is 7. The number of aromatic nitrogens is 6. The molecule has 0 unspecified atom stereocenters. The summed E-state index contributed by atoms with van der Waals surface area (Å²) in [5.74, 6) is 0.120. The number of aryl methyl sites for hydroxylation is 1. The van der Waals surface area contributed by atoms with Crippen molar-refractivity contribution in [3.05, 3.63) is 65.8 Å². The lowest BCUT2D eigenvalue weighted by Crippen LogP contribution is -2.14. The monoisotopic (exact) mass is 421 g/mol. The third kappa shape index (κ3) is 4.32. The molecule has 10 heteroatoms. The number of carbonyl (C=O) groups excluding carboxylic acids is 1. The molecule has 0 aliphatic heterocycles. The first-order valence-corrected chi connectivity index (χ1v) is 9.49. The molecule has 0 saturated carbocycles. The zero-order valence-corrected chi connectivity index (χ0v) is 17.4. The number of carbonyl (C=O) groups is 1. The van der Waals surface area contributed by atoms with E-state index in [1.54, 1.807) is 25.3 Å². The summed E-state index contributed by atoms with van der Waals surface area (Å²) >= 11 is 0. The Morgan fingerprint density at radius 2 is 1.97 bits per heavy atom. The van der Waals surface area contributed by atoms with Gasteiger partial charge in [-0.15, -0.1) is 5.10 Å². The standard InChI is InChI=1S/C21H20FN7O2/c1-12-17(29-11-16(26-28-29)13-5-15(22)10-23-8-13)6-14(9-24-12)20(30)25-19-7-18(31-27-19)21(2,3)4/h5-11H,1-4H3,(H,25,27,30). The fourth-order valence-electron chi connectivity index (χ4n) is 2.82. The first kappa shape index (κ1) is 20.3. The van der Waals surface area contributed by atoms with Crippen LogP contribution in [0.2, 0.25) is 0 Å². The molecular formula is C21H20FN7O2. The molecule has 0 aromatic carbocycles. The highest BCUT2D eigenvalue weighted by Crippen LogP contribution is 2.25. The quantitative estimate of drug-likeness (QED) is 0.535. The maximum atomic E-state index is 13.5. The van der Waals surface area contributed by atoms with Gasteiger partial charge in [-0.25, -0.2) is 9.07 Å². The Bertz CT molecular complexity index is 1260. The average Bonchev–Trinajstić information content (AvgIpc) is 3.38. The number of nitrogens with zero attached hydrogens (tertiary/aromatic N) is 6. The minimum absolute atomic E-state index is 0.226. The lowest BCUT2D eigenvalue weighted by atomic mass is 9.93. The largest absolute Gasteiger partial charge is 0.359 e. The molecule has 1 N–H and O–H groups in total. The van der Waals surface area contributed by atoms with Crippen molar-refractivity contribution in [2.75, 3.05) is 5.32 Å². The van der Waals surface area contributed by atoms with Crippen LogP contribution in [0.25, 0.3) is 16.9 Å². The smallest absolute Gasteiger partial charge is 0.258 e. The van der Waals surface area contributed by atoms with Crippen LogP contribution in [0.4, 0.5) is 10.2 Å². The Hall–Kier alpha value is -3.95. The second-order valence-electron chi connectivity index (χ2n) is 8.05. The number of hydrogen-bond donors (Lipinski definition) is 1. The van der Waals surface area contributed by atoms with Crippen LogP contribution in [0.3, 0.4) is 0 Å². The van der Waals surface area contributed by atoms with Gasteiger partial charge in [0.2, 0.25) is 0 Å². The summed E-state index contributed by atoms with van der Waals surface area (Å²) in [4.78, 5) is 20.8. The van der Waals surface area contributed by atoms with Crippen LogP contribution in [0.1, 0.15) is 42.6 Å². The van der Waals surface area contributed by atoms with E-state index in [-0.39, 0.29) is 5.41 Å². The molecule has 0 fully saturated rings. The number of amides is 1. The van der Waals surface area contributed by atoms with Crippen LogP contribution in [-0.2, 0) is 5.41 Å². The summed E-state index contributed by atoms with van der Waals surface area (Å²) in [5.41, 5.74) is 2.22. The molecule has 0 saturated heterocycles. The lowest BCUT2D eigenvalue weighted by molar-refractivity contribution is 0.102. The summed E-state index contributed by atoms with van der Waals surface area (Å²) in [6, 6.07) is 4.65. The van der Waals surface area contributed by atoms with Crippen molar-refractivity contribution in [2.24, 2.45) is 0 Å². The predicted molar refractivity (Wildman–Crippen MR) is 110 cm³/mol. The number of nitrogens with one attached hydrogen (secondary N) is 1. The zero-order valence-electron chi connectivity index (χ0n) is 17.4. The number of pyridine rings is 2. The molecule has 4 aromatic heterocycles. The first-order valence-electron chi connectivity index (χ1n) is 9.49. The Balaban J connectivity index is 1.59. The van der Waals surface area contributed by atoms with Gasteiger partial charge in [-0.3, -0.25) is 14.8 Å². The van der Waals surface area contributed by atoms with Crippen LogP contribution in [0.15, 0.2) is 47.5 Å². The van der Waals surface area contributed by atoms with Crippen LogP contribution < -0.4 is 5.32 Å². The highest BCUT2D eigenvalue weighted by molar-refractivity contribution is 6.03. The van der Waals surface area contributed by atoms with Crippen molar-refractivity contribution in [1.29, 1.82) is 0 Å². The van der Waals surface area contributed by atoms with Crippen molar-refractivity contribution in [2.45, 2.75) is 33.1 Å². The predicted octanol–water partition coefficient (Wildman–Crippen LogP) is 3.71. The van der Waals surface area contributed by atoms with Crippen LogP contribution in [-0.4, -0.2) is 36.0 Å². The van der Waals surface area contributed by atoms with Crippen molar-refractivity contribution < 1.29 is 13.7 Å². The van der Waals surface area contributed by atoms with Crippen molar-refractivity contribution in [3.63, 3.8) is 0 Å². The molecule has 4 heterocycles. The van der Waals surface area contributed by atoms with E-state index in [2.05, 4.69) is 30.8 Å². The van der Waals surface area contributed by atoms with Gasteiger partial charge in [0.25, 0.3) is 5.91 Å². The Labute approximate surface area is 177 Å². The van der Waals surface area contributed by atoms with Gasteiger partial charge >= 0.3 is 0 Å². The summed E-state index contributed by atoms with van der Waals surface area (Å²) in [7, 11) is 0. The van der Waals surface area contributed by atoms with Crippen molar-refractivity contribution >= 4 is 11.7 Å². The van der Waals surface area contributed by atoms with E-state index in [1.807, 2.05) is 20.8 Å². The van der Waals surface area contributed by atoms with E-state index >= 15 is 0 Å². The Morgan fingerprint density at radius 1 is 1.16 bits per heavy atom. The summed E-state index contributed by atoms with van der Waals surface area (Å²) in [5, 5.41) is 14.8. The minimum Gasteiger partial charge on any atom is -0.359 e. The van der Waals surface area contributed by atoms with Gasteiger partial charge in [-0.2, -0.15) is 0 Å². The summed E-state index contributed by atoms with van der Waals surface area (Å²) in [6.45, 7) is 7.75. The lowest BCUT2D eigenvalue weighted by Gasteiger charge is -2.12. The van der Waals surface area contributed by atoms with Gasteiger partial charge in [0.1, 0.15) is 17.3 Å². The van der Waals surface area contributed by atoms with Gasteiger partial charge in [0.15, 0.2) is 5.82 Å². The summed E-state index contributed by atoms with van der Waals surface area (Å²) < 4.78 is 20.2. The van der Waals surface area contributed by atoms with Gasteiger partial charge in [-0.1, -0.05) is 31.1 Å². The molecule has 0 bridgehead atoms. The summed E-state index contributed by atoms with van der Waals surface area (Å²) in [6.07, 6.45) is 5.70. The number of rotatable bonds is 4. The fraction of sp³-hybridized carbons (Fsp3) is 0.238. The van der Waals surface area contributed by atoms with Crippen LogP contribution in [0, 0.1) is 12.7 Å². The second kappa shape index (κ2) is 7.71. The fourth-order valence-corrected chi connectivity index (χ4v) is 2.82. The molecule has 31 heavy (non-hydrogen) atoms. The number of anilines is 1. The molecule has 1 amide bonds. The van der Waals surface area contributed by atoms with Crippen molar-refractivity contribution in [3.8, 4) is 16.9 Å². The van der Waals surface area contributed by atoms with Gasteiger partial charge in [0.05, 0.1) is 29.3 Å². The van der Waals surface area contributed by atoms with Crippen LogP contribution >= 0.6 is 0 Å². The molecule has 9 nitrogen and oxygen atoms in total. The minimum atomic E-state index is -0.467. The average molecular weight is 421 g/mol. The maximum absolute atomic E-state index is 13.5. The molecular weight excluding hydrogens is 401 g/mol. The van der Waals surface area contributed by atoms with Crippen LogP contribution in [0.5, 0.6) is 0 Å². The van der Waals surface area contributed by atoms with E-state index < -0.39 is 11.7 Å². The van der Waals surface area contributed by atoms with Gasteiger partial charge < -0.3 is 9.84 Å². The zero-order chi connectivity index (χ0) is 22.2. The molecule has 4 aromatic rings. The third-order valence-electron chi connectivity index (χ3n) is 4.55. The van der Waals surface area contributed by atoms with E-state index in [4.69, 9.17) is 4.52 Å². The van der Waals surface area contributed by atoms with Gasteiger partial charge in [-0.05, 0) is 19.1 Å². The third-order valence-corrected chi connectivity index (χ3v) is 4.55. The SMILES string of the molecule is Cc1ncc(C(=O)Nc2cc(C(C)(C)C)on2)cc1-n1cc(-c2cncc(F)c2)nn1. The normalized spacial score (nSPS) is 11.5. The molecule has 0 aliphatic carbocycles. The molecule has 0 aliphatic rings. The molecule has 0 spiro atoms. The maximum Gasteiger partial charge on any atom is 0.258 e. The number of halogens is 1. The van der Waals surface area contributed by atoms with E-state index in [9.17, 15) is 9.18 Å². The molecule has 0 radical (unpaired) electrons. The van der Waals surface area contributed by atoms with Gasteiger partial charge in [0, 0.05) is 29.4 Å². The van der Waals surface area contributed by atoms with E-state index in [0.29, 0.717) is 39.8 Å². The highest BCUT2D eigenvalue weighted by Gasteiger charge is 2.21. The molecule has 0 atom stereocenters. The first-order chi connectivity index (χ1) is 14.7. The van der Waals surface area contributed by atoms with Crippen molar-refractivity contribution in [1.82, 2.24) is 30.1 Å².